The lowest BCUT2D eigenvalue weighted by molar-refractivity contribution is 0.101. The van der Waals surface area contributed by atoms with Crippen molar-refractivity contribution in [3.05, 3.63) is 94.1 Å². The van der Waals surface area contributed by atoms with Gasteiger partial charge < -0.3 is 10.1 Å². The maximum absolute atomic E-state index is 13.3. The third kappa shape index (κ3) is 5.22. The first-order valence-electron chi connectivity index (χ1n) is 9.17. The fourth-order valence-corrected chi connectivity index (χ4v) is 3.33. The Morgan fingerprint density at radius 2 is 1.74 bits per heavy atom. The molecule has 4 aromatic rings. The molecule has 0 unspecified atom stereocenters. The summed E-state index contributed by atoms with van der Waals surface area (Å²) in [7, 11) is 0. The summed E-state index contributed by atoms with van der Waals surface area (Å²) in [5, 5.41) is 11.9. The van der Waals surface area contributed by atoms with Crippen molar-refractivity contribution < 1.29 is 13.9 Å². The van der Waals surface area contributed by atoms with Gasteiger partial charge in [0.25, 0.3) is 5.91 Å². The summed E-state index contributed by atoms with van der Waals surface area (Å²) in [6.07, 6.45) is 3.29. The van der Waals surface area contributed by atoms with Crippen LogP contribution in [0.3, 0.4) is 0 Å². The van der Waals surface area contributed by atoms with Crippen molar-refractivity contribution in [1.29, 1.82) is 0 Å². The molecule has 0 radical (unpaired) electrons. The number of anilines is 1. The zero-order chi connectivity index (χ0) is 21.8. The van der Waals surface area contributed by atoms with Crippen LogP contribution in [0.1, 0.15) is 16.1 Å². The minimum Gasteiger partial charge on any atom is -0.468 e. The Labute approximate surface area is 187 Å². The number of rotatable bonds is 7. The van der Waals surface area contributed by atoms with Gasteiger partial charge in [-0.3, -0.25) is 9.48 Å². The first-order valence-corrected chi connectivity index (χ1v) is 9.93. The number of carbonyl (C=O) groups is 1. The molecular weight excluding hydrogens is 444 g/mol. The van der Waals surface area contributed by atoms with Gasteiger partial charge >= 0.3 is 0 Å². The Morgan fingerprint density at radius 3 is 2.52 bits per heavy atom. The molecule has 10 heteroatoms. The second kappa shape index (κ2) is 9.20. The molecule has 0 fully saturated rings. The molecule has 0 saturated heterocycles. The average Bonchev–Trinajstić information content (AvgIpc) is 3.37. The lowest BCUT2D eigenvalue weighted by Crippen LogP contribution is -2.15. The number of hydrogen-bond acceptors (Lipinski definition) is 4. The van der Waals surface area contributed by atoms with Gasteiger partial charge in [-0.05, 0) is 35.9 Å². The van der Waals surface area contributed by atoms with E-state index in [1.54, 1.807) is 59.5 Å². The first kappa shape index (κ1) is 20.9. The van der Waals surface area contributed by atoms with E-state index in [9.17, 15) is 9.18 Å². The number of amides is 1. The number of benzene rings is 2. The molecule has 0 atom stereocenters. The Morgan fingerprint density at radius 1 is 1.00 bits per heavy atom. The van der Waals surface area contributed by atoms with E-state index in [-0.39, 0.29) is 18.2 Å². The Kier molecular flexibility index (Phi) is 6.20. The number of aromatic nitrogens is 4. The molecule has 31 heavy (non-hydrogen) atoms. The number of hydrogen-bond donors (Lipinski definition) is 1. The molecule has 0 bridgehead atoms. The summed E-state index contributed by atoms with van der Waals surface area (Å²) in [5.41, 5.74) is 0.951. The lowest BCUT2D eigenvalue weighted by atomic mass is 10.2. The van der Waals surface area contributed by atoms with Crippen LogP contribution in [0.25, 0.3) is 0 Å². The number of halogens is 3. The fourth-order valence-electron chi connectivity index (χ4n) is 2.82. The van der Waals surface area contributed by atoms with Gasteiger partial charge in [-0.25, -0.2) is 9.07 Å². The van der Waals surface area contributed by atoms with Crippen LogP contribution >= 0.6 is 23.2 Å². The monoisotopic (exact) mass is 459 g/mol. The number of nitrogens with zero attached hydrogens (tertiary/aromatic N) is 4. The van der Waals surface area contributed by atoms with Gasteiger partial charge in [0.15, 0.2) is 24.0 Å². The van der Waals surface area contributed by atoms with Crippen molar-refractivity contribution in [3.8, 4) is 5.75 Å². The minimum atomic E-state index is -0.425. The van der Waals surface area contributed by atoms with Crippen LogP contribution < -0.4 is 10.1 Å². The highest BCUT2D eigenvalue weighted by atomic mass is 35.5. The van der Waals surface area contributed by atoms with Crippen LogP contribution in [0.4, 0.5) is 10.2 Å². The SMILES string of the molecule is O=C(Nc1ccn(Cc2cccc(F)c2)n1)c1ccn(COc2c(Cl)cccc2Cl)n1. The maximum atomic E-state index is 13.3. The largest absolute Gasteiger partial charge is 0.468 e. The first-order chi connectivity index (χ1) is 15.0. The van der Waals surface area contributed by atoms with Crippen molar-refractivity contribution in [2.24, 2.45) is 0 Å². The van der Waals surface area contributed by atoms with Crippen LogP contribution in [0.2, 0.25) is 10.0 Å². The van der Waals surface area contributed by atoms with Gasteiger partial charge in [-0.2, -0.15) is 10.2 Å². The number of ether oxygens (including phenoxy) is 1. The van der Waals surface area contributed by atoms with Crippen LogP contribution in [0.5, 0.6) is 5.75 Å². The van der Waals surface area contributed by atoms with Crippen LogP contribution in [0.15, 0.2) is 67.0 Å². The molecule has 2 heterocycles. The Balaban J connectivity index is 1.35. The average molecular weight is 460 g/mol. The van der Waals surface area contributed by atoms with Crippen molar-refractivity contribution in [2.45, 2.75) is 13.3 Å². The third-order valence-corrected chi connectivity index (χ3v) is 4.84. The molecule has 0 aliphatic carbocycles. The number of nitrogens with one attached hydrogen (secondary N) is 1. The molecule has 7 nitrogen and oxygen atoms in total. The van der Waals surface area contributed by atoms with E-state index in [1.165, 1.54) is 16.8 Å². The highest BCUT2D eigenvalue weighted by Crippen LogP contribution is 2.32. The van der Waals surface area contributed by atoms with E-state index in [4.69, 9.17) is 27.9 Å². The molecule has 0 spiro atoms. The van der Waals surface area contributed by atoms with Crippen molar-refractivity contribution in [2.75, 3.05) is 5.32 Å². The number of carbonyl (C=O) groups excluding carboxylic acids is 1. The molecule has 4 rings (SSSR count). The van der Waals surface area contributed by atoms with E-state index in [0.29, 0.717) is 28.2 Å². The molecule has 2 aromatic heterocycles. The van der Waals surface area contributed by atoms with Crippen molar-refractivity contribution >= 4 is 34.9 Å². The second-order valence-corrected chi connectivity index (χ2v) is 7.36. The highest BCUT2D eigenvalue weighted by molar-refractivity contribution is 6.37. The van der Waals surface area contributed by atoms with Gasteiger partial charge in [-0.15, -0.1) is 0 Å². The summed E-state index contributed by atoms with van der Waals surface area (Å²) in [6.45, 7) is 0.406. The summed E-state index contributed by atoms with van der Waals surface area (Å²) in [4.78, 5) is 12.5. The van der Waals surface area contributed by atoms with Gasteiger partial charge in [0.1, 0.15) is 5.82 Å². The van der Waals surface area contributed by atoms with Crippen LogP contribution in [-0.2, 0) is 13.3 Å². The minimum absolute atomic E-state index is 0.0268. The van der Waals surface area contributed by atoms with E-state index in [1.807, 2.05) is 0 Å². The van der Waals surface area contributed by atoms with E-state index < -0.39 is 5.91 Å². The standard InChI is InChI=1S/C21H16Cl2FN5O2/c22-16-5-2-6-17(23)20(16)31-13-29-9-7-18(26-29)21(30)25-19-8-10-28(27-19)12-14-3-1-4-15(24)11-14/h1-11H,12-13H2,(H,25,27,30). The molecule has 0 aliphatic heterocycles. The topological polar surface area (TPSA) is 74.0 Å². The molecule has 1 N–H and O–H groups in total. The van der Waals surface area contributed by atoms with Crippen LogP contribution in [0, 0.1) is 5.82 Å². The smallest absolute Gasteiger partial charge is 0.277 e. The molecular formula is C21H16Cl2FN5O2. The summed E-state index contributed by atoms with van der Waals surface area (Å²) in [6, 6.07) is 14.5. The molecule has 0 saturated carbocycles. The van der Waals surface area contributed by atoms with Crippen LogP contribution in [-0.4, -0.2) is 25.5 Å². The van der Waals surface area contributed by atoms with E-state index in [2.05, 4.69) is 15.5 Å². The lowest BCUT2D eigenvalue weighted by Gasteiger charge is -2.09. The van der Waals surface area contributed by atoms with Crippen molar-refractivity contribution in [1.82, 2.24) is 19.6 Å². The normalized spacial score (nSPS) is 10.8. The summed E-state index contributed by atoms with van der Waals surface area (Å²) in [5.74, 6) is -0.0358. The summed E-state index contributed by atoms with van der Waals surface area (Å²) < 4.78 is 21.9. The quantitative estimate of drug-likeness (QED) is 0.428. The molecule has 2 aromatic carbocycles. The predicted molar refractivity (Wildman–Crippen MR) is 115 cm³/mol. The maximum Gasteiger partial charge on any atom is 0.277 e. The van der Waals surface area contributed by atoms with Gasteiger partial charge in [0.2, 0.25) is 0 Å². The Hall–Kier alpha value is -3.36. The van der Waals surface area contributed by atoms with Gasteiger partial charge in [0, 0.05) is 18.5 Å². The third-order valence-electron chi connectivity index (χ3n) is 4.25. The molecule has 158 valence electrons. The highest BCUT2D eigenvalue weighted by Gasteiger charge is 2.13. The van der Waals surface area contributed by atoms with E-state index >= 15 is 0 Å². The van der Waals surface area contributed by atoms with Gasteiger partial charge in [-0.1, -0.05) is 41.4 Å². The molecule has 1 amide bonds. The fraction of sp³-hybridized carbons (Fsp3) is 0.0952. The van der Waals surface area contributed by atoms with E-state index in [0.717, 1.165) is 5.56 Å². The number of para-hydroxylation sites is 1. The second-order valence-electron chi connectivity index (χ2n) is 6.55. The van der Waals surface area contributed by atoms with Crippen molar-refractivity contribution in [3.63, 3.8) is 0 Å². The zero-order valence-corrected chi connectivity index (χ0v) is 17.5. The predicted octanol–water partition coefficient (Wildman–Crippen LogP) is 4.86. The zero-order valence-electron chi connectivity index (χ0n) is 16.0. The molecule has 0 aliphatic rings. The van der Waals surface area contributed by atoms with Gasteiger partial charge in [0.05, 0.1) is 16.6 Å². The summed E-state index contributed by atoms with van der Waals surface area (Å²) >= 11 is 12.1. The Bertz CT molecular complexity index is 1200.